The zero-order valence-corrected chi connectivity index (χ0v) is 18.1. The van der Waals surface area contributed by atoms with E-state index in [1.165, 1.54) is 6.07 Å². The highest BCUT2D eigenvalue weighted by Gasteiger charge is 2.24. The molecule has 7 nitrogen and oxygen atoms in total. The van der Waals surface area contributed by atoms with Crippen LogP contribution in [-0.4, -0.2) is 57.3 Å². The number of carbonyl (C=O) groups excluding carboxylic acids is 1. The number of amides is 1. The number of halogens is 2. The van der Waals surface area contributed by atoms with Gasteiger partial charge in [-0.1, -0.05) is 12.1 Å². The Kier molecular flexibility index (Phi) is 5.77. The van der Waals surface area contributed by atoms with Crippen molar-refractivity contribution in [2.24, 2.45) is 0 Å². The van der Waals surface area contributed by atoms with E-state index in [9.17, 15) is 18.7 Å². The number of fused-ring (bicyclic) bond motifs is 1. The summed E-state index contributed by atoms with van der Waals surface area (Å²) in [5.74, 6) is -1.87. The second-order valence-electron chi connectivity index (χ2n) is 7.99. The van der Waals surface area contributed by atoms with Crippen molar-refractivity contribution in [1.29, 1.82) is 0 Å². The van der Waals surface area contributed by atoms with Crippen molar-refractivity contribution in [2.75, 3.05) is 26.2 Å². The second kappa shape index (κ2) is 9.03. The van der Waals surface area contributed by atoms with Gasteiger partial charge in [-0.05, 0) is 54.1 Å². The highest BCUT2D eigenvalue weighted by Crippen LogP contribution is 2.29. The number of phenolic OH excluding ortho intramolecular Hbond substituents is 1. The Bertz CT molecular complexity index is 1390. The average Bonchev–Trinajstić information content (AvgIpc) is 3.28. The molecule has 0 unspecified atom stereocenters. The normalized spacial score (nSPS) is 14.2. The molecule has 172 valence electrons. The first kappa shape index (κ1) is 21.7. The Morgan fingerprint density at radius 2 is 1.76 bits per heavy atom. The van der Waals surface area contributed by atoms with Gasteiger partial charge < -0.3 is 15.3 Å². The minimum Gasteiger partial charge on any atom is -0.508 e. The van der Waals surface area contributed by atoms with Crippen molar-refractivity contribution >= 4 is 29.1 Å². The van der Waals surface area contributed by atoms with Crippen molar-refractivity contribution in [3.8, 4) is 17.0 Å². The van der Waals surface area contributed by atoms with Gasteiger partial charge in [0.1, 0.15) is 5.75 Å². The molecule has 1 fully saturated rings. The van der Waals surface area contributed by atoms with E-state index >= 15 is 0 Å². The Balaban J connectivity index is 1.61. The zero-order chi connectivity index (χ0) is 23.7. The van der Waals surface area contributed by atoms with E-state index in [1.54, 1.807) is 47.4 Å². The van der Waals surface area contributed by atoms with E-state index in [0.717, 1.165) is 17.7 Å². The average molecular weight is 461 g/mol. The lowest BCUT2D eigenvalue weighted by atomic mass is 10.0. The number of carbonyl (C=O) groups is 1. The van der Waals surface area contributed by atoms with Gasteiger partial charge >= 0.3 is 0 Å². The summed E-state index contributed by atoms with van der Waals surface area (Å²) < 4.78 is 26.8. The number of hydrogen-bond acceptors (Lipinski definition) is 5. The fourth-order valence-corrected chi connectivity index (χ4v) is 3.95. The molecule has 1 saturated heterocycles. The summed E-state index contributed by atoms with van der Waals surface area (Å²) in [6.45, 7) is 2.57. The topological polar surface area (TPSA) is 94.1 Å². The fraction of sp³-hybridized carbons (Fsp3) is 0.160. The first-order valence-corrected chi connectivity index (χ1v) is 10.8. The molecule has 3 heterocycles. The van der Waals surface area contributed by atoms with Crippen LogP contribution < -0.4 is 5.32 Å². The number of piperazine rings is 1. The molecule has 34 heavy (non-hydrogen) atoms. The second-order valence-corrected chi connectivity index (χ2v) is 7.99. The van der Waals surface area contributed by atoms with Crippen LogP contribution in [0.1, 0.15) is 21.6 Å². The lowest BCUT2D eigenvalue weighted by molar-refractivity contribution is 0.0737. The van der Waals surface area contributed by atoms with Crippen LogP contribution in [0, 0.1) is 11.6 Å². The summed E-state index contributed by atoms with van der Waals surface area (Å²) in [6, 6.07) is 11.9. The summed E-state index contributed by atoms with van der Waals surface area (Å²) in [6.07, 6.45) is 3.28. The largest absolute Gasteiger partial charge is 0.508 e. The molecule has 1 aliphatic rings. The molecule has 0 atom stereocenters. The minimum atomic E-state index is -0.939. The van der Waals surface area contributed by atoms with Gasteiger partial charge in [-0.3, -0.25) is 9.89 Å². The van der Waals surface area contributed by atoms with Gasteiger partial charge in [0.25, 0.3) is 5.91 Å². The molecular weight excluding hydrogens is 440 g/mol. The summed E-state index contributed by atoms with van der Waals surface area (Å²) in [5, 5.41) is 20.6. The first-order chi connectivity index (χ1) is 16.5. The standard InChI is InChI=1S/C25H21F2N5O2/c26-19-7-1-15(13-20(19)27)2-8-21-23-18(25(34)32-11-9-28-10-12-32)14-22(29-24(23)31-30-21)16-3-5-17(33)6-4-16/h1-8,13-14,28,33H,9-12H2,(H,29,30,31). The molecule has 0 aliphatic carbocycles. The summed E-state index contributed by atoms with van der Waals surface area (Å²) in [5.41, 5.74) is 3.07. The van der Waals surface area contributed by atoms with E-state index in [4.69, 9.17) is 0 Å². The number of aromatic nitrogens is 3. The number of benzene rings is 2. The number of H-pyrrole nitrogens is 1. The minimum absolute atomic E-state index is 0.131. The molecule has 9 heteroatoms. The Hall–Kier alpha value is -4.11. The van der Waals surface area contributed by atoms with Gasteiger partial charge in [0.05, 0.1) is 22.3 Å². The molecule has 5 rings (SSSR count). The third-order valence-corrected chi connectivity index (χ3v) is 5.74. The predicted molar refractivity (Wildman–Crippen MR) is 125 cm³/mol. The van der Waals surface area contributed by atoms with E-state index in [2.05, 4.69) is 20.5 Å². The van der Waals surface area contributed by atoms with Gasteiger partial charge in [0.15, 0.2) is 17.3 Å². The molecule has 0 saturated carbocycles. The lowest BCUT2D eigenvalue weighted by Crippen LogP contribution is -2.46. The zero-order valence-electron chi connectivity index (χ0n) is 18.1. The van der Waals surface area contributed by atoms with E-state index in [1.807, 2.05) is 0 Å². The van der Waals surface area contributed by atoms with Crippen molar-refractivity contribution in [1.82, 2.24) is 25.4 Å². The Morgan fingerprint density at radius 3 is 2.50 bits per heavy atom. The maximum atomic E-state index is 13.6. The Morgan fingerprint density at radius 1 is 1.00 bits per heavy atom. The monoisotopic (exact) mass is 461 g/mol. The van der Waals surface area contributed by atoms with Crippen molar-refractivity contribution in [3.63, 3.8) is 0 Å². The van der Waals surface area contributed by atoms with Crippen LogP contribution in [0.15, 0.2) is 48.5 Å². The molecule has 0 spiro atoms. The third-order valence-electron chi connectivity index (χ3n) is 5.74. The number of aromatic amines is 1. The SMILES string of the molecule is O=C(c1cc(-c2ccc(O)cc2)nc2n[nH]c(C=Cc3ccc(F)c(F)c3)c12)N1CCNCC1. The maximum absolute atomic E-state index is 13.6. The number of hydrogen-bond donors (Lipinski definition) is 3. The number of nitrogens with one attached hydrogen (secondary N) is 2. The van der Waals surface area contributed by atoms with Crippen LogP contribution in [-0.2, 0) is 0 Å². The molecule has 3 N–H and O–H groups in total. The molecule has 2 aromatic carbocycles. The predicted octanol–water partition coefficient (Wildman–Crippen LogP) is 3.82. The number of phenols is 1. The highest BCUT2D eigenvalue weighted by atomic mass is 19.2. The molecule has 0 radical (unpaired) electrons. The number of aromatic hydroxyl groups is 1. The first-order valence-electron chi connectivity index (χ1n) is 10.8. The summed E-state index contributed by atoms with van der Waals surface area (Å²) >= 11 is 0. The van der Waals surface area contributed by atoms with E-state index < -0.39 is 11.6 Å². The molecule has 1 aliphatic heterocycles. The molecule has 0 bridgehead atoms. The van der Waals surface area contributed by atoms with Gasteiger partial charge in [-0.2, -0.15) is 5.10 Å². The lowest BCUT2D eigenvalue weighted by Gasteiger charge is -2.27. The van der Waals surface area contributed by atoms with Gasteiger partial charge in [-0.15, -0.1) is 0 Å². The van der Waals surface area contributed by atoms with Crippen molar-refractivity contribution in [2.45, 2.75) is 0 Å². The van der Waals surface area contributed by atoms with Crippen LogP contribution in [0.2, 0.25) is 0 Å². The smallest absolute Gasteiger partial charge is 0.254 e. The molecule has 4 aromatic rings. The maximum Gasteiger partial charge on any atom is 0.254 e. The van der Waals surface area contributed by atoms with Crippen molar-refractivity contribution < 1.29 is 18.7 Å². The van der Waals surface area contributed by atoms with Crippen LogP contribution in [0.5, 0.6) is 5.75 Å². The van der Waals surface area contributed by atoms with Crippen molar-refractivity contribution in [3.05, 3.63) is 77.0 Å². The molecular formula is C25H21F2N5O2. The van der Waals surface area contributed by atoms with Gasteiger partial charge in [-0.25, -0.2) is 13.8 Å². The molecule has 2 aromatic heterocycles. The number of pyridine rings is 1. The van der Waals surface area contributed by atoms with Crippen LogP contribution in [0.3, 0.4) is 0 Å². The van der Waals surface area contributed by atoms with Crippen LogP contribution >= 0.6 is 0 Å². The summed E-state index contributed by atoms with van der Waals surface area (Å²) in [4.78, 5) is 19.9. The van der Waals surface area contributed by atoms with Crippen LogP contribution in [0.25, 0.3) is 34.4 Å². The van der Waals surface area contributed by atoms with Gasteiger partial charge in [0, 0.05) is 31.7 Å². The number of nitrogens with zero attached hydrogens (tertiary/aromatic N) is 3. The summed E-state index contributed by atoms with van der Waals surface area (Å²) in [7, 11) is 0. The number of rotatable bonds is 4. The van der Waals surface area contributed by atoms with Crippen LogP contribution in [0.4, 0.5) is 8.78 Å². The van der Waals surface area contributed by atoms with E-state index in [0.29, 0.717) is 59.7 Å². The molecule has 1 amide bonds. The highest BCUT2D eigenvalue weighted by molar-refractivity contribution is 6.09. The Labute approximate surface area is 193 Å². The quantitative estimate of drug-likeness (QED) is 0.430. The van der Waals surface area contributed by atoms with Gasteiger partial charge in [0.2, 0.25) is 0 Å². The van der Waals surface area contributed by atoms with E-state index in [-0.39, 0.29) is 11.7 Å². The third kappa shape index (κ3) is 4.25. The fourth-order valence-electron chi connectivity index (χ4n) is 3.95.